The van der Waals surface area contributed by atoms with Gasteiger partial charge in [0.05, 0.1) is 0 Å². The van der Waals surface area contributed by atoms with E-state index in [4.69, 9.17) is 37.6 Å². The molecule has 0 spiro atoms. The molecule has 0 aliphatic carbocycles. The Hall–Kier alpha value is -3.47. The van der Waals surface area contributed by atoms with Gasteiger partial charge < -0.3 is 37.6 Å². The van der Waals surface area contributed by atoms with Crippen LogP contribution in [0.15, 0.2) is 46.9 Å². The normalized spacial score (nSPS) is 12.6. The fourth-order valence-corrected chi connectivity index (χ4v) is 2.82. The van der Waals surface area contributed by atoms with E-state index in [0.29, 0.717) is 36.9 Å². The molecule has 10 N–H and O–H groups in total. The van der Waals surface area contributed by atoms with E-state index in [-0.39, 0.29) is 6.01 Å². The summed E-state index contributed by atoms with van der Waals surface area (Å²) in [6.07, 6.45) is 1.30. The number of carboxylic acid groups (broad SMARTS) is 2. The lowest BCUT2D eigenvalue weighted by atomic mass is 10.0. The molecule has 0 amide bonds. The molecule has 10 heteroatoms. The number of fused-ring (bicyclic) bond motifs is 1. The number of nitrogen functional groups attached to an aromatic ring is 1. The third kappa shape index (κ3) is 7.37. The molecule has 1 aromatic heterocycles. The lowest BCUT2D eigenvalue weighted by molar-refractivity contribution is -0.139. The van der Waals surface area contributed by atoms with Crippen molar-refractivity contribution in [1.29, 1.82) is 0 Å². The van der Waals surface area contributed by atoms with Crippen LogP contribution in [0.4, 0.5) is 6.01 Å². The van der Waals surface area contributed by atoms with Crippen LogP contribution < -0.4 is 22.9 Å². The number of nitrogens with zero attached hydrogens (tertiary/aromatic N) is 1. The average molecular weight is 429 g/mol. The third-order valence-electron chi connectivity index (χ3n) is 4.53. The van der Waals surface area contributed by atoms with Crippen molar-refractivity contribution in [3.63, 3.8) is 0 Å². The summed E-state index contributed by atoms with van der Waals surface area (Å²) in [6.45, 7) is 0.455. The molecule has 0 bridgehead atoms. The van der Waals surface area contributed by atoms with E-state index >= 15 is 0 Å². The Morgan fingerprint density at radius 2 is 1.65 bits per heavy atom. The lowest BCUT2D eigenvalue weighted by Crippen LogP contribution is -2.32. The van der Waals surface area contributed by atoms with Crippen LogP contribution >= 0.6 is 0 Å². The van der Waals surface area contributed by atoms with Gasteiger partial charge in [0, 0.05) is 6.54 Å². The number of hydrogen-bond donors (Lipinski definition) is 6. The molecule has 2 atom stereocenters. The van der Waals surface area contributed by atoms with Crippen molar-refractivity contribution in [2.45, 2.75) is 37.9 Å². The molecule has 31 heavy (non-hydrogen) atoms. The van der Waals surface area contributed by atoms with E-state index in [2.05, 4.69) is 4.98 Å². The molecule has 0 fully saturated rings. The standard InChI is InChI=1S/C11H13N3O3.C10H14N2O2/c12-7(10(15)16)3-1-6-2-4-9-8(5-6)14-11(13)17-9;11-6-8-3-1-2-7(4-8)5-9(12)10(13)14/h2,4-5,7H,1,3,12H2,(H2,13,14)(H,15,16);1-4,9H,5-6,11-12H2,(H,13,14). The van der Waals surface area contributed by atoms with Gasteiger partial charge >= 0.3 is 11.9 Å². The molecule has 1 heterocycles. The van der Waals surface area contributed by atoms with Gasteiger partial charge in [-0.3, -0.25) is 9.59 Å². The summed E-state index contributed by atoms with van der Waals surface area (Å²) >= 11 is 0. The highest BCUT2D eigenvalue weighted by atomic mass is 16.4. The number of nitrogens with two attached hydrogens (primary N) is 4. The molecule has 2 unspecified atom stereocenters. The second kappa shape index (κ2) is 11.1. The van der Waals surface area contributed by atoms with Gasteiger partial charge in [0.25, 0.3) is 6.01 Å². The Morgan fingerprint density at radius 3 is 2.29 bits per heavy atom. The number of hydrogen-bond acceptors (Lipinski definition) is 8. The maximum absolute atomic E-state index is 10.6. The quantitative estimate of drug-likeness (QED) is 0.298. The number of rotatable bonds is 8. The highest BCUT2D eigenvalue weighted by Crippen LogP contribution is 2.19. The van der Waals surface area contributed by atoms with E-state index in [1.54, 1.807) is 6.07 Å². The largest absolute Gasteiger partial charge is 0.480 e. The molecule has 0 saturated heterocycles. The minimum Gasteiger partial charge on any atom is -0.480 e. The van der Waals surface area contributed by atoms with E-state index in [0.717, 1.165) is 16.7 Å². The Morgan fingerprint density at radius 1 is 0.968 bits per heavy atom. The molecule has 3 aromatic rings. The van der Waals surface area contributed by atoms with Gasteiger partial charge in [-0.05, 0) is 48.1 Å². The zero-order chi connectivity index (χ0) is 23.0. The number of oxazole rings is 1. The zero-order valence-corrected chi connectivity index (χ0v) is 16.9. The van der Waals surface area contributed by atoms with Crippen LogP contribution in [-0.2, 0) is 29.0 Å². The first-order chi connectivity index (χ1) is 14.7. The Kier molecular flexibility index (Phi) is 8.50. The van der Waals surface area contributed by atoms with Crippen LogP contribution in [0.25, 0.3) is 11.1 Å². The summed E-state index contributed by atoms with van der Waals surface area (Å²) in [7, 11) is 0. The van der Waals surface area contributed by atoms with Gasteiger partial charge in [0.2, 0.25) is 0 Å². The fraction of sp³-hybridized carbons (Fsp3) is 0.286. The Balaban J connectivity index is 0.000000225. The predicted molar refractivity (Wildman–Crippen MR) is 116 cm³/mol. The highest BCUT2D eigenvalue weighted by molar-refractivity contribution is 5.75. The molecule has 0 saturated carbocycles. The van der Waals surface area contributed by atoms with Crippen molar-refractivity contribution < 1.29 is 24.2 Å². The van der Waals surface area contributed by atoms with E-state index in [1.807, 2.05) is 36.4 Å². The van der Waals surface area contributed by atoms with Crippen molar-refractivity contribution in [3.8, 4) is 0 Å². The zero-order valence-electron chi connectivity index (χ0n) is 16.9. The lowest BCUT2D eigenvalue weighted by Gasteiger charge is -2.07. The first kappa shape index (κ1) is 23.8. The van der Waals surface area contributed by atoms with Crippen LogP contribution in [0.5, 0.6) is 0 Å². The summed E-state index contributed by atoms with van der Waals surface area (Å²) in [5.41, 5.74) is 25.9. The molecule has 166 valence electrons. The van der Waals surface area contributed by atoms with Crippen LogP contribution in [-0.4, -0.2) is 39.2 Å². The number of aryl methyl sites for hydroxylation is 1. The third-order valence-corrected chi connectivity index (χ3v) is 4.53. The van der Waals surface area contributed by atoms with Crippen molar-refractivity contribution in [3.05, 3.63) is 59.2 Å². The van der Waals surface area contributed by atoms with Gasteiger partial charge in [0.15, 0.2) is 5.58 Å². The number of aromatic nitrogens is 1. The first-order valence-corrected chi connectivity index (χ1v) is 9.59. The summed E-state index contributed by atoms with van der Waals surface area (Å²) < 4.78 is 5.13. The summed E-state index contributed by atoms with van der Waals surface area (Å²) in [5, 5.41) is 17.3. The molecule has 0 radical (unpaired) electrons. The molecular weight excluding hydrogens is 402 g/mol. The molecule has 3 rings (SSSR count). The van der Waals surface area contributed by atoms with Gasteiger partial charge in [-0.2, -0.15) is 4.98 Å². The van der Waals surface area contributed by atoms with Gasteiger partial charge in [-0.15, -0.1) is 0 Å². The van der Waals surface area contributed by atoms with Crippen molar-refractivity contribution in [1.82, 2.24) is 4.98 Å². The SMILES string of the molecule is NCc1cccc(CC(N)C(=O)O)c1.Nc1nc2cc(CCC(N)C(=O)O)ccc2o1. The van der Waals surface area contributed by atoms with Crippen LogP contribution in [0, 0.1) is 0 Å². The molecule has 10 nitrogen and oxygen atoms in total. The maximum Gasteiger partial charge on any atom is 0.320 e. The van der Waals surface area contributed by atoms with Gasteiger partial charge in [0.1, 0.15) is 17.6 Å². The second-order valence-electron chi connectivity index (χ2n) is 7.01. The fourth-order valence-electron chi connectivity index (χ4n) is 2.82. The monoisotopic (exact) mass is 429 g/mol. The van der Waals surface area contributed by atoms with E-state index in [9.17, 15) is 9.59 Å². The van der Waals surface area contributed by atoms with Crippen molar-refractivity contribution in [2.75, 3.05) is 5.73 Å². The molecular formula is C21H27N5O5. The molecule has 2 aromatic carbocycles. The van der Waals surface area contributed by atoms with Crippen molar-refractivity contribution in [2.24, 2.45) is 17.2 Å². The van der Waals surface area contributed by atoms with Crippen LogP contribution in [0.3, 0.4) is 0 Å². The maximum atomic E-state index is 10.6. The summed E-state index contributed by atoms with van der Waals surface area (Å²) in [6, 6.07) is 11.4. The van der Waals surface area contributed by atoms with Crippen molar-refractivity contribution >= 4 is 29.1 Å². The molecule has 0 aliphatic rings. The molecule has 0 aliphatic heterocycles. The second-order valence-corrected chi connectivity index (χ2v) is 7.01. The minimum atomic E-state index is -0.989. The number of carbonyl (C=O) groups is 2. The van der Waals surface area contributed by atoms with E-state index in [1.165, 1.54) is 0 Å². The highest BCUT2D eigenvalue weighted by Gasteiger charge is 2.12. The average Bonchev–Trinajstić information content (AvgIpc) is 3.11. The minimum absolute atomic E-state index is 0.124. The van der Waals surface area contributed by atoms with Crippen LogP contribution in [0.1, 0.15) is 23.1 Å². The van der Waals surface area contributed by atoms with Crippen LogP contribution in [0.2, 0.25) is 0 Å². The number of benzene rings is 2. The predicted octanol–water partition coefficient (Wildman–Crippen LogP) is 0.854. The smallest absolute Gasteiger partial charge is 0.320 e. The van der Waals surface area contributed by atoms with Gasteiger partial charge in [-0.25, -0.2) is 0 Å². The Bertz CT molecular complexity index is 1040. The number of aliphatic carboxylic acids is 2. The van der Waals surface area contributed by atoms with E-state index < -0.39 is 24.0 Å². The summed E-state index contributed by atoms with van der Waals surface area (Å²) in [4.78, 5) is 25.1. The Labute approximate surface area is 178 Å². The topological polar surface area (TPSA) is 205 Å². The number of carboxylic acids is 2. The first-order valence-electron chi connectivity index (χ1n) is 9.59. The number of anilines is 1. The van der Waals surface area contributed by atoms with Gasteiger partial charge in [-0.1, -0.05) is 30.3 Å². The summed E-state index contributed by atoms with van der Waals surface area (Å²) in [5.74, 6) is -1.97.